The Labute approximate surface area is 202 Å². The lowest BCUT2D eigenvalue weighted by molar-refractivity contribution is -0.116. The zero-order chi connectivity index (χ0) is 22.9. The van der Waals surface area contributed by atoms with Crippen LogP contribution in [-0.4, -0.2) is 11.8 Å². The molecule has 3 aromatic carbocycles. The van der Waals surface area contributed by atoms with Gasteiger partial charge in [-0.25, -0.2) is 0 Å². The number of hydrogen-bond donors (Lipinski definition) is 2. The Kier molecular flexibility index (Phi) is 9.03. The Morgan fingerprint density at radius 2 is 1.59 bits per heavy atom. The second-order valence-electron chi connectivity index (χ2n) is 7.24. The van der Waals surface area contributed by atoms with Gasteiger partial charge in [0.25, 0.3) is 0 Å². The molecule has 0 fully saturated rings. The molecule has 0 saturated heterocycles. The maximum Gasteiger partial charge on any atom is 0.242 e. The van der Waals surface area contributed by atoms with Gasteiger partial charge in [-0.2, -0.15) is 0 Å². The second-order valence-corrected chi connectivity index (χ2v) is 9.29. The third-order valence-electron chi connectivity index (χ3n) is 4.60. The number of halogens is 2. The molecule has 3 aromatic rings. The van der Waals surface area contributed by atoms with Crippen LogP contribution in [0.3, 0.4) is 0 Å². The molecule has 0 aromatic heterocycles. The van der Waals surface area contributed by atoms with Crippen molar-refractivity contribution < 1.29 is 9.59 Å². The first-order valence-corrected chi connectivity index (χ1v) is 12.0. The van der Waals surface area contributed by atoms with Gasteiger partial charge in [0.05, 0.1) is 0 Å². The van der Waals surface area contributed by atoms with Crippen LogP contribution in [0.25, 0.3) is 0 Å². The zero-order valence-corrected chi connectivity index (χ0v) is 19.9. The monoisotopic (exact) mass is 486 g/mol. The molecule has 32 heavy (non-hydrogen) atoms. The van der Waals surface area contributed by atoms with Crippen LogP contribution >= 0.6 is 35.0 Å². The SMILES string of the molecule is CCCCC(=O)Nc1cccc(SC(C(=O)Nc2cc(Cl)cc(Cl)c2)c2ccccc2)c1. The minimum atomic E-state index is -0.514. The van der Waals surface area contributed by atoms with Gasteiger partial charge >= 0.3 is 0 Å². The van der Waals surface area contributed by atoms with Gasteiger partial charge in [0, 0.05) is 32.7 Å². The first kappa shape index (κ1) is 24.2. The fourth-order valence-corrected chi connectivity index (χ4v) is 4.69. The number of benzene rings is 3. The van der Waals surface area contributed by atoms with Crippen molar-refractivity contribution in [2.45, 2.75) is 36.3 Å². The largest absolute Gasteiger partial charge is 0.326 e. The van der Waals surface area contributed by atoms with E-state index in [1.165, 1.54) is 11.8 Å². The van der Waals surface area contributed by atoms with Gasteiger partial charge in [0.2, 0.25) is 11.8 Å². The standard InChI is InChI=1S/C25H24Cl2N2O2S/c1-2-3-12-23(30)28-20-10-7-11-22(16-20)32-24(17-8-5-4-6-9-17)25(31)29-21-14-18(26)13-19(27)15-21/h4-11,13-16,24H,2-3,12H2,1H3,(H,28,30)(H,29,31). The first-order valence-electron chi connectivity index (χ1n) is 10.3. The quantitative estimate of drug-likeness (QED) is 0.306. The topological polar surface area (TPSA) is 58.2 Å². The lowest BCUT2D eigenvalue weighted by Gasteiger charge is -2.18. The number of amides is 2. The summed E-state index contributed by atoms with van der Waals surface area (Å²) < 4.78 is 0. The van der Waals surface area contributed by atoms with Crippen molar-refractivity contribution in [1.82, 2.24) is 0 Å². The molecule has 7 heteroatoms. The highest BCUT2D eigenvalue weighted by Crippen LogP contribution is 2.37. The van der Waals surface area contributed by atoms with E-state index in [-0.39, 0.29) is 11.8 Å². The van der Waals surface area contributed by atoms with Crippen LogP contribution in [-0.2, 0) is 9.59 Å². The van der Waals surface area contributed by atoms with Gasteiger partial charge in [-0.05, 0) is 48.4 Å². The number of carbonyl (C=O) groups excluding carboxylic acids is 2. The van der Waals surface area contributed by atoms with Gasteiger partial charge < -0.3 is 10.6 Å². The maximum atomic E-state index is 13.2. The van der Waals surface area contributed by atoms with E-state index in [1.54, 1.807) is 18.2 Å². The Balaban J connectivity index is 1.80. The number of nitrogens with one attached hydrogen (secondary N) is 2. The highest BCUT2D eigenvalue weighted by atomic mass is 35.5. The molecule has 0 bridgehead atoms. The van der Waals surface area contributed by atoms with E-state index in [4.69, 9.17) is 23.2 Å². The predicted octanol–water partition coefficient (Wildman–Crippen LogP) is 7.59. The van der Waals surface area contributed by atoms with Crippen molar-refractivity contribution in [3.05, 3.63) is 88.4 Å². The van der Waals surface area contributed by atoms with Crippen molar-refractivity contribution >= 4 is 58.2 Å². The van der Waals surface area contributed by atoms with Gasteiger partial charge in [-0.1, -0.05) is 72.9 Å². The number of hydrogen-bond acceptors (Lipinski definition) is 3. The lowest BCUT2D eigenvalue weighted by Crippen LogP contribution is -2.19. The van der Waals surface area contributed by atoms with Crippen LogP contribution in [0.5, 0.6) is 0 Å². The van der Waals surface area contributed by atoms with E-state index in [1.807, 2.05) is 54.6 Å². The Morgan fingerprint density at radius 3 is 2.28 bits per heavy atom. The number of rotatable bonds is 9. The summed E-state index contributed by atoms with van der Waals surface area (Å²) in [6, 6.07) is 22.0. The van der Waals surface area contributed by atoms with E-state index in [9.17, 15) is 9.59 Å². The molecular formula is C25H24Cl2N2O2S. The van der Waals surface area contributed by atoms with Crippen LogP contribution in [0.4, 0.5) is 11.4 Å². The minimum absolute atomic E-state index is 0.0100. The van der Waals surface area contributed by atoms with Gasteiger partial charge in [0.1, 0.15) is 5.25 Å². The molecule has 2 N–H and O–H groups in total. The normalized spacial score (nSPS) is 11.6. The molecule has 166 valence electrons. The third-order valence-corrected chi connectivity index (χ3v) is 6.28. The second kappa shape index (κ2) is 12.0. The van der Waals surface area contributed by atoms with Crippen LogP contribution in [0.15, 0.2) is 77.7 Å². The molecule has 0 aliphatic rings. The molecule has 0 aliphatic carbocycles. The molecule has 0 aliphatic heterocycles. The highest BCUT2D eigenvalue weighted by molar-refractivity contribution is 8.00. The summed E-state index contributed by atoms with van der Waals surface area (Å²) in [5.74, 6) is -0.207. The van der Waals surface area contributed by atoms with Gasteiger partial charge in [-0.3, -0.25) is 9.59 Å². The smallest absolute Gasteiger partial charge is 0.242 e. The van der Waals surface area contributed by atoms with E-state index >= 15 is 0 Å². The summed E-state index contributed by atoms with van der Waals surface area (Å²) in [6.07, 6.45) is 2.31. The van der Waals surface area contributed by atoms with Crippen molar-refractivity contribution in [3.63, 3.8) is 0 Å². The van der Waals surface area contributed by atoms with Crippen molar-refractivity contribution in [3.8, 4) is 0 Å². The molecule has 1 atom stereocenters. The first-order chi connectivity index (χ1) is 15.4. The third kappa shape index (κ3) is 7.30. The zero-order valence-electron chi connectivity index (χ0n) is 17.6. The Morgan fingerprint density at radius 1 is 0.875 bits per heavy atom. The summed E-state index contributed by atoms with van der Waals surface area (Å²) in [6.45, 7) is 2.05. The summed E-state index contributed by atoms with van der Waals surface area (Å²) in [4.78, 5) is 26.2. The number of anilines is 2. The molecular weight excluding hydrogens is 463 g/mol. The predicted molar refractivity (Wildman–Crippen MR) is 135 cm³/mol. The number of unbranched alkanes of at least 4 members (excludes halogenated alkanes) is 1. The molecule has 4 nitrogen and oxygen atoms in total. The molecule has 1 unspecified atom stereocenters. The van der Waals surface area contributed by atoms with Crippen LogP contribution in [0.2, 0.25) is 10.0 Å². The molecule has 2 amide bonds. The molecule has 0 radical (unpaired) electrons. The van der Waals surface area contributed by atoms with Crippen LogP contribution in [0.1, 0.15) is 37.0 Å². The Bertz CT molecular complexity index is 1060. The number of carbonyl (C=O) groups is 2. The highest BCUT2D eigenvalue weighted by Gasteiger charge is 2.22. The van der Waals surface area contributed by atoms with E-state index < -0.39 is 5.25 Å². The fourth-order valence-electron chi connectivity index (χ4n) is 3.08. The van der Waals surface area contributed by atoms with Crippen LogP contribution in [0, 0.1) is 0 Å². The minimum Gasteiger partial charge on any atom is -0.326 e. The lowest BCUT2D eigenvalue weighted by atomic mass is 10.1. The van der Waals surface area contributed by atoms with E-state index in [2.05, 4.69) is 17.6 Å². The van der Waals surface area contributed by atoms with E-state index in [0.717, 1.165) is 23.3 Å². The molecule has 0 heterocycles. The maximum absolute atomic E-state index is 13.2. The van der Waals surface area contributed by atoms with Crippen molar-refractivity contribution in [2.24, 2.45) is 0 Å². The fraction of sp³-hybridized carbons (Fsp3) is 0.200. The average Bonchev–Trinajstić information content (AvgIpc) is 2.76. The van der Waals surface area contributed by atoms with Gasteiger partial charge in [-0.15, -0.1) is 11.8 Å². The molecule has 0 saturated carbocycles. The van der Waals surface area contributed by atoms with Crippen LogP contribution < -0.4 is 10.6 Å². The summed E-state index contributed by atoms with van der Waals surface area (Å²) in [5.41, 5.74) is 2.11. The number of thioether (sulfide) groups is 1. The molecule has 0 spiro atoms. The summed E-state index contributed by atoms with van der Waals surface area (Å²) in [5, 5.41) is 6.22. The van der Waals surface area contributed by atoms with Crippen molar-refractivity contribution in [1.29, 1.82) is 0 Å². The summed E-state index contributed by atoms with van der Waals surface area (Å²) in [7, 11) is 0. The average molecular weight is 487 g/mol. The Hall–Kier alpha value is -2.47. The molecule has 3 rings (SSSR count). The van der Waals surface area contributed by atoms with E-state index in [0.29, 0.717) is 27.8 Å². The van der Waals surface area contributed by atoms with Gasteiger partial charge in [0.15, 0.2) is 0 Å². The van der Waals surface area contributed by atoms with Crippen molar-refractivity contribution in [2.75, 3.05) is 10.6 Å². The summed E-state index contributed by atoms with van der Waals surface area (Å²) >= 11 is 13.6.